The van der Waals surface area contributed by atoms with Gasteiger partial charge in [0.2, 0.25) is 0 Å². The van der Waals surface area contributed by atoms with Crippen molar-refractivity contribution in [3.05, 3.63) is 57.9 Å². The van der Waals surface area contributed by atoms with Crippen molar-refractivity contribution < 1.29 is 9.66 Å². The largest absolute Gasteiger partial charge is 0.456 e. The van der Waals surface area contributed by atoms with Gasteiger partial charge in [0.15, 0.2) is 0 Å². The van der Waals surface area contributed by atoms with E-state index < -0.39 is 4.92 Å². The normalized spacial score (nSPS) is 10.2. The second-order valence-electron chi connectivity index (χ2n) is 4.04. The molecule has 0 radical (unpaired) electrons. The molecule has 0 aliphatic heterocycles. The van der Waals surface area contributed by atoms with E-state index in [2.05, 4.69) is 4.98 Å². The zero-order chi connectivity index (χ0) is 13.8. The maximum absolute atomic E-state index is 10.7. The van der Waals surface area contributed by atoms with E-state index in [0.717, 1.165) is 5.56 Å². The minimum atomic E-state index is -0.421. The number of hydrogen-bond donors (Lipinski definition) is 1. The Labute approximate surface area is 110 Å². The minimum absolute atomic E-state index is 0.0705. The minimum Gasteiger partial charge on any atom is -0.456 e. The molecule has 0 aliphatic carbocycles. The summed E-state index contributed by atoms with van der Waals surface area (Å²) in [4.78, 5) is 14.3. The topological polar surface area (TPSA) is 91.3 Å². The second-order valence-corrected chi connectivity index (χ2v) is 4.04. The Balaban J connectivity index is 2.23. The molecule has 2 N–H and O–H groups in total. The summed E-state index contributed by atoms with van der Waals surface area (Å²) in [5, 5.41) is 10.7. The third kappa shape index (κ3) is 3.05. The van der Waals surface area contributed by atoms with Gasteiger partial charge >= 0.3 is 0 Å². The van der Waals surface area contributed by atoms with E-state index in [-0.39, 0.29) is 5.69 Å². The van der Waals surface area contributed by atoms with E-state index in [0.29, 0.717) is 23.6 Å². The van der Waals surface area contributed by atoms with Gasteiger partial charge in [-0.25, -0.2) is 0 Å². The van der Waals surface area contributed by atoms with Crippen LogP contribution in [0, 0.1) is 17.0 Å². The summed E-state index contributed by atoms with van der Waals surface area (Å²) >= 11 is 0. The van der Waals surface area contributed by atoms with Crippen LogP contribution in [0.5, 0.6) is 11.5 Å². The molecule has 0 amide bonds. The fourth-order valence-corrected chi connectivity index (χ4v) is 1.66. The first-order valence-corrected chi connectivity index (χ1v) is 5.67. The first-order valence-electron chi connectivity index (χ1n) is 5.67. The lowest BCUT2D eigenvalue weighted by molar-refractivity contribution is -0.385. The van der Waals surface area contributed by atoms with Crippen LogP contribution in [-0.2, 0) is 6.54 Å². The molecule has 6 nitrogen and oxygen atoms in total. The second kappa shape index (κ2) is 5.45. The highest BCUT2D eigenvalue weighted by Gasteiger charge is 2.11. The molecule has 1 heterocycles. The van der Waals surface area contributed by atoms with Crippen LogP contribution in [0.2, 0.25) is 0 Å². The Hall–Kier alpha value is -2.47. The van der Waals surface area contributed by atoms with Crippen molar-refractivity contribution in [2.45, 2.75) is 13.5 Å². The molecule has 0 aliphatic rings. The Morgan fingerprint density at radius 2 is 2.11 bits per heavy atom. The molecule has 0 unspecified atom stereocenters. The molecule has 0 spiro atoms. The van der Waals surface area contributed by atoms with Gasteiger partial charge in [-0.2, -0.15) is 0 Å². The van der Waals surface area contributed by atoms with Crippen molar-refractivity contribution >= 4 is 5.69 Å². The molecule has 2 aromatic rings. The Morgan fingerprint density at radius 3 is 2.74 bits per heavy atom. The van der Waals surface area contributed by atoms with E-state index in [4.69, 9.17) is 10.5 Å². The van der Waals surface area contributed by atoms with Crippen molar-refractivity contribution in [1.29, 1.82) is 0 Å². The van der Waals surface area contributed by atoms with Gasteiger partial charge in [-0.1, -0.05) is 0 Å². The van der Waals surface area contributed by atoms with Crippen LogP contribution in [0.4, 0.5) is 5.69 Å². The highest BCUT2D eigenvalue weighted by molar-refractivity contribution is 5.45. The Morgan fingerprint density at radius 1 is 1.32 bits per heavy atom. The van der Waals surface area contributed by atoms with E-state index in [1.54, 1.807) is 37.5 Å². The Kier molecular flexibility index (Phi) is 3.72. The first-order chi connectivity index (χ1) is 9.10. The number of nitrogens with zero attached hydrogens (tertiary/aromatic N) is 2. The van der Waals surface area contributed by atoms with Crippen molar-refractivity contribution in [2.24, 2.45) is 5.73 Å². The van der Waals surface area contributed by atoms with Crippen molar-refractivity contribution in [2.75, 3.05) is 0 Å². The molecule has 6 heteroatoms. The third-order valence-corrected chi connectivity index (χ3v) is 2.61. The SMILES string of the molecule is Cc1cc(Oc2cncc(CN)c2)ccc1[N+](=O)[O-]. The highest BCUT2D eigenvalue weighted by atomic mass is 16.6. The van der Waals surface area contributed by atoms with E-state index in [1.807, 2.05) is 0 Å². The number of benzene rings is 1. The standard InChI is InChI=1S/C13H13N3O3/c1-9-4-11(2-3-13(9)16(17)18)19-12-5-10(6-14)7-15-8-12/h2-5,7-8H,6,14H2,1H3. The van der Waals surface area contributed by atoms with Crippen LogP contribution in [0.3, 0.4) is 0 Å². The number of nitrogens with two attached hydrogens (primary N) is 1. The average Bonchev–Trinajstić information content (AvgIpc) is 2.38. The van der Waals surface area contributed by atoms with Gasteiger partial charge in [0, 0.05) is 24.4 Å². The van der Waals surface area contributed by atoms with Gasteiger partial charge in [0.05, 0.1) is 11.1 Å². The van der Waals surface area contributed by atoms with Crippen LogP contribution in [0.15, 0.2) is 36.7 Å². The Bertz CT molecular complexity index is 614. The number of nitro benzene ring substituents is 1. The number of nitro groups is 1. The third-order valence-electron chi connectivity index (χ3n) is 2.61. The number of aromatic nitrogens is 1. The number of pyridine rings is 1. The summed E-state index contributed by atoms with van der Waals surface area (Å²) in [6.45, 7) is 2.04. The molecule has 0 saturated carbocycles. The molecule has 0 saturated heterocycles. The van der Waals surface area contributed by atoms with Crippen LogP contribution in [-0.4, -0.2) is 9.91 Å². The van der Waals surface area contributed by atoms with Gasteiger partial charge in [0.25, 0.3) is 5.69 Å². The molecule has 0 bridgehead atoms. The molecular weight excluding hydrogens is 246 g/mol. The summed E-state index contributed by atoms with van der Waals surface area (Å²) in [6, 6.07) is 6.38. The predicted octanol–water partition coefficient (Wildman–Crippen LogP) is 2.55. The summed E-state index contributed by atoms with van der Waals surface area (Å²) in [5.41, 5.74) is 6.99. The summed E-state index contributed by atoms with van der Waals surface area (Å²) < 4.78 is 5.60. The molecule has 19 heavy (non-hydrogen) atoms. The van der Waals surface area contributed by atoms with Crippen molar-refractivity contribution in [1.82, 2.24) is 4.98 Å². The number of rotatable bonds is 4. The van der Waals surface area contributed by atoms with Crippen LogP contribution < -0.4 is 10.5 Å². The van der Waals surface area contributed by atoms with Crippen molar-refractivity contribution in [3.8, 4) is 11.5 Å². The molecular formula is C13H13N3O3. The lowest BCUT2D eigenvalue weighted by atomic mass is 10.2. The molecule has 98 valence electrons. The molecule has 2 rings (SSSR count). The van der Waals surface area contributed by atoms with Gasteiger partial charge < -0.3 is 10.5 Å². The monoisotopic (exact) mass is 259 g/mol. The highest BCUT2D eigenvalue weighted by Crippen LogP contribution is 2.27. The smallest absolute Gasteiger partial charge is 0.272 e. The van der Waals surface area contributed by atoms with Crippen LogP contribution >= 0.6 is 0 Å². The van der Waals surface area contributed by atoms with E-state index in [9.17, 15) is 10.1 Å². The average molecular weight is 259 g/mol. The van der Waals surface area contributed by atoms with Gasteiger partial charge in [-0.15, -0.1) is 0 Å². The van der Waals surface area contributed by atoms with Gasteiger partial charge in [-0.05, 0) is 30.7 Å². The zero-order valence-electron chi connectivity index (χ0n) is 10.4. The number of ether oxygens (including phenoxy) is 1. The summed E-state index contributed by atoms with van der Waals surface area (Å²) in [7, 11) is 0. The maximum atomic E-state index is 10.7. The quantitative estimate of drug-likeness (QED) is 0.673. The molecule has 0 atom stereocenters. The predicted molar refractivity (Wildman–Crippen MR) is 70.0 cm³/mol. The van der Waals surface area contributed by atoms with E-state index >= 15 is 0 Å². The lowest BCUT2D eigenvalue weighted by Gasteiger charge is -2.07. The van der Waals surface area contributed by atoms with Crippen molar-refractivity contribution in [3.63, 3.8) is 0 Å². The van der Waals surface area contributed by atoms with Gasteiger partial charge in [-0.3, -0.25) is 15.1 Å². The molecule has 1 aromatic heterocycles. The summed E-state index contributed by atoms with van der Waals surface area (Å²) in [5.74, 6) is 1.08. The fourth-order valence-electron chi connectivity index (χ4n) is 1.66. The fraction of sp³-hybridized carbons (Fsp3) is 0.154. The maximum Gasteiger partial charge on any atom is 0.272 e. The summed E-state index contributed by atoms with van der Waals surface area (Å²) in [6.07, 6.45) is 3.23. The first kappa shape index (κ1) is 13.0. The molecule has 0 fully saturated rings. The number of aryl methyl sites for hydroxylation is 1. The van der Waals surface area contributed by atoms with Crippen LogP contribution in [0.1, 0.15) is 11.1 Å². The lowest BCUT2D eigenvalue weighted by Crippen LogP contribution is -1.97. The number of hydrogen-bond acceptors (Lipinski definition) is 5. The van der Waals surface area contributed by atoms with Gasteiger partial charge in [0.1, 0.15) is 11.5 Å². The zero-order valence-corrected chi connectivity index (χ0v) is 10.4. The van der Waals surface area contributed by atoms with Crippen LogP contribution in [0.25, 0.3) is 0 Å². The van der Waals surface area contributed by atoms with E-state index in [1.165, 1.54) is 6.07 Å². The molecule has 1 aromatic carbocycles.